The van der Waals surface area contributed by atoms with Gasteiger partial charge in [-0.05, 0) is 12.1 Å². The molecule has 0 aliphatic carbocycles. The van der Waals surface area contributed by atoms with Crippen molar-refractivity contribution >= 4 is 21.4 Å². The van der Waals surface area contributed by atoms with Crippen molar-refractivity contribution in [2.24, 2.45) is 0 Å². The number of aromatic hydroxyl groups is 1. The third-order valence-electron chi connectivity index (χ3n) is 2.86. The van der Waals surface area contributed by atoms with Crippen LogP contribution in [0.5, 0.6) is 5.75 Å². The molecule has 21 heavy (non-hydrogen) atoms. The molecule has 0 unspecified atom stereocenters. The second-order valence-corrected chi connectivity index (χ2v) is 6.22. The molecule has 0 radical (unpaired) electrons. The average molecular weight is 308 g/mol. The van der Waals surface area contributed by atoms with Gasteiger partial charge < -0.3 is 5.11 Å². The van der Waals surface area contributed by atoms with E-state index in [9.17, 15) is 23.6 Å². The first-order valence-corrected chi connectivity index (χ1v) is 7.29. The number of non-ortho nitro benzene ring substituents is 1. The van der Waals surface area contributed by atoms with E-state index in [1.165, 1.54) is 19.2 Å². The van der Waals surface area contributed by atoms with Crippen LogP contribution in [0.4, 0.5) is 11.4 Å². The third-order valence-corrected chi connectivity index (χ3v) is 4.66. The summed E-state index contributed by atoms with van der Waals surface area (Å²) in [5.74, 6) is -0.380. The fourth-order valence-electron chi connectivity index (χ4n) is 1.76. The third kappa shape index (κ3) is 2.95. The van der Waals surface area contributed by atoms with Gasteiger partial charge in [-0.25, -0.2) is 8.42 Å². The normalized spacial score (nSPS) is 11.1. The Morgan fingerprint density at radius 1 is 1.14 bits per heavy atom. The molecule has 0 amide bonds. The van der Waals surface area contributed by atoms with E-state index < -0.39 is 14.9 Å². The van der Waals surface area contributed by atoms with E-state index in [-0.39, 0.29) is 22.0 Å². The number of benzene rings is 2. The van der Waals surface area contributed by atoms with Crippen LogP contribution in [0.3, 0.4) is 0 Å². The molecule has 0 bridgehead atoms. The summed E-state index contributed by atoms with van der Waals surface area (Å²) in [5.41, 5.74) is -0.384. The molecule has 0 aromatic heterocycles. The van der Waals surface area contributed by atoms with Crippen molar-refractivity contribution in [3.8, 4) is 5.75 Å². The standard InChI is InChI=1S/C13H12N2O5S/c1-14(21(19,20)13-5-3-2-4-6-13)10-7-11(15(17)18)9-12(16)8-10/h2-9,16H,1H3. The Kier molecular flexibility index (Phi) is 3.81. The molecule has 1 N–H and O–H groups in total. The summed E-state index contributed by atoms with van der Waals surface area (Å²) in [4.78, 5) is 10.1. The first-order valence-electron chi connectivity index (χ1n) is 5.85. The predicted molar refractivity (Wildman–Crippen MR) is 76.8 cm³/mol. The zero-order valence-corrected chi connectivity index (χ0v) is 11.8. The number of hydrogen-bond donors (Lipinski definition) is 1. The van der Waals surface area contributed by atoms with E-state index in [2.05, 4.69) is 0 Å². The van der Waals surface area contributed by atoms with Gasteiger partial charge in [-0.3, -0.25) is 14.4 Å². The molecule has 0 aliphatic rings. The summed E-state index contributed by atoms with van der Waals surface area (Å²) in [6.07, 6.45) is 0. The molecule has 2 aromatic rings. The van der Waals surface area contributed by atoms with Gasteiger partial charge in [0.25, 0.3) is 15.7 Å². The fraction of sp³-hybridized carbons (Fsp3) is 0.0769. The Labute approximate surface area is 121 Å². The van der Waals surface area contributed by atoms with E-state index in [0.717, 1.165) is 22.5 Å². The number of nitro benzene ring substituents is 1. The summed E-state index contributed by atoms with van der Waals surface area (Å²) >= 11 is 0. The first-order chi connectivity index (χ1) is 9.82. The van der Waals surface area contributed by atoms with E-state index in [1.807, 2.05) is 0 Å². The first kappa shape index (κ1) is 14.8. The van der Waals surface area contributed by atoms with Crippen molar-refractivity contribution < 1.29 is 18.4 Å². The highest BCUT2D eigenvalue weighted by Crippen LogP contribution is 2.30. The zero-order valence-electron chi connectivity index (χ0n) is 11.0. The van der Waals surface area contributed by atoms with Gasteiger partial charge in [0.15, 0.2) is 0 Å². The van der Waals surface area contributed by atoms with Gasteiger partial charge in [-0.2, -0.15) is 0 Å². The number of sulfonamides is 1. The highest BCUT2D eigenvalue weighted by Gasteiger charge is 2.23. The van der Waals surface area contributed by atoms with Crippen molar-refractivity contribution in [2.75, 3.05) is 11.4 Å². The van der Waals surface area contributed by atoms with E-state index in [4.69, 9.17) is 0 Å². The second-order valence-electron chi connectivity index (χ2n) is 4.25. The monoisotopic (exact) mass is 308 g/mol. The van der Waals surface area contributed by atoms with Crippen molar-refractivity contribution in [1.82, 2.24) is 0 Å². The lowest BCUT2D eigenvalue weighted by Crippen LogP contribution is -2.26. The second kappa shape index (κ2) is 5.41. The van der Waals surface area contributed by atoms with Crippen LogP contribution in [0.2, 0.25) is 0 Å². The molecule has 0 fully saturated rings. The summed E-state index contributed by atoms with van der Waals surface area (Å²) in [6, 6.07) is 10.8. The van der Waals surface area contributed by atoms with Crippen molar-refractivity contribution in [1.29, 1.82) is 0 Å². The number of hydrogen-bond acceptors (Lipinski definition) is 5. The smallest absolute Gasteiger partial charge is 0.275 e. The number of rotatable bonds is 4. The summed E-state index contributed by atoms with van der Waals surface area (Å²) in [5, 5.41) is 20.3. The SMILES string of the molecule is CN(c1cc(O)cc([N+](=O)[O-])c1)S(=O)(=O)c1ccccc1. The van der Waals surface area contributed by atoms with E-state index in [1.54, 1.807) is 18.2 Å². The van der Waals surface area contributed by atoms with Gasteiger partial charge in [-0.1, -0.05) is 18.2 Å². The average Bonchev–Trinajstić information content (AvgIpc) is 2.46. The summed E-state index contributed by atoms with van der Waals surface area (Å²) in [6.45, 7) is 0. The minimum atomic E-state index is -3.85. The number of phenols is 1. The molecular weight excluding hydrogens is 296 g/mol. The largest absolute Gasteiger partial charge is 0.508 e. The van der Waals surface area contributed by atoms with Gasteiger partial charge >= 0.3 is 0 Å². The maximum absolute atomic E-state index is 12.4. The maximum atomic E-state index is 12.4. The zero-order chi connectivity index (χ0) is 15.6. The highest BCUT2D eigenvalue weighted by atomic mass is 32.2. The van der Waals surface area contributed by atoms with Crippen LogP contribution in [0.1, 0.15) is 0 Å². The van der Waals surface area contributed by atoms with Crippen LogP contribution in [-0.2, 0) is 10.0 Å². The van der Waals surface area contributed by atoms with Gasteiger partial charge in [0.1, 0.15) is 5.75 Å². The molecule has 0 spiro atoms. The quantitative estimate of drug-likeness (QED) is 0.688. The van der Waals surface area contributed by atoms with Gasteiger partial charge in [0.05, 0.1) is 21.6 Å². The Bertz CT molecular complexity index is 774. The Morgan fingerprint density at radius 2 is 1.76 bits per heavy atom. The number of anilines is 1. The number of phenolic OH excluding ortho intramolecular Hbond substituents is 1. The van der Waals surface area contributed by atoms with E-state index in [0.29, 0.717) is 0 Å². The lowest BCUT2D eigenvalue weighted by molar-refractivity contribution is -0.384. The fourth-order valence-corrected chi connectivity index (χ4v) is 2.96. The van der Waals surface area contributed by atoms with Crippen LogP contribution in [0.15, 0.2) is 53.4 Å². The van der Waals surface area contributed by atoms with Crippen molar-refractivity contribution in [3.05, 3.63) is 58.6 Å². The molecule has 8 heteroatoms. The van der Waals surface area contributed by atoms with Crippen LogP contribution in [0, 0.1) is 10.1 Å². The van der Waals surface area contributed by atoms with Crippen LogP contribution in [0.25, 0.3) is 0 Å². The van der Waals surface area contributed by atoms with Gasteiger partial charge in [-0.15, -0.1) is 0 Å². The predicted octanol–water partition coefficient (Wildman–Crippen LogP) is 2.13. The molecule has 2 rings (SSSR count). The lowest BCUT2D eigenvalue weighted by atomic mass is 10.2. The highest BCUT2D eigenvalue weighted by molar-refractivity contribution is 7.92. The van der Waals surface area contributed by atoms with Crippen LogP contribution >= 0.6 is 0 Å². The number of nitro groups is 1. The Balaban J connectivity index is 2.50. The van der Waals surface area contributed by atoms with E-state index >= 15 is 0 Å². The van der Waals surface area contributed by atoms with Gasteiger partial charge in [0.2, 0.25) is 0 Å². The molecule has 110 valence electrons. The molecule has 0 saturated carbocycles. The maximum Gasteiger partial charge on any atom is 0.275 e. The topological polar surface area (TPSA) is 101 Å². The van der Waals surface area contributed by atoms with Crippen molar-refractivity contribution in [2.45, 2.75) is 4.90 Å². The van der Waals surface area contributed by atoms with Gasteiger partial charge in [0, 0.05) is 19.2 Å². The minimum Gasteiger partial charge on any atom is -0.508 e. The van der Waals surface area contributed by atoms with Crippen LogP contribution in [-0.4, -0.2) is 25.5 Å². The summed E-state index contributed by atoms with van der Waals surface area (Å²) in [7, 11) is -2.59. The minimum absolute atomic E-state index is 0.00514. The molecule has 2 aromatic carbocycles. The summed E-state index contributed by atoms with van der Waals surface area (Å²) < 4.78 is 25.7. The molecular formula is C13H12N2O5S. The molecule has 0 heterocycles. The molecule has 0 saturated heterocycles. The molecule has 7 nitrogen and oxygen atoms in total. The lowest BCUT2D eigenvalue weighted by Gasteiger charge is -2.19. The Morgan fingerprint density at radius 3 is 2.33 bits per heavy atom. The Hall–Kier alpha value is -2.61. The van der Waals surface area contributed by atoms with Crippen LogP contribution < -0.4 is 4.31 Å². The van der Waals surface area contributed by atoms with Crippen molar-refractivity contribution in [3.63, 3.8) is 0 Å². The molecule has 0 aliphatic heterocycles. The molecule has 0 atom stereocenters. The number of nitrogens with zero attached hydrogens (tertiary/aromatic N) is 2.